The van der Waals surface area contributed by atoms with Gasteiger partial charge < -0.3 is 10.2 Å². The van der Waals surface area contributed by atoms with Gasteiger partial charge in [0.15, 0.2) is 0 Å². The van der Waals surface area contributed by atoms with Crippen molar-refractivity contribution < 1.29 is 4.79 Å². The van der Waals surface area contributed by atoms with Crippen LogP contribution in [0.1, 0.15) is 43.6 Å². The van der Waals surface area contributed by atoms with Crippen molar-refractivity contribution in [3.8, 4) is 0 Å². The molecule has 24 heavy (non-hydrogen) atoms. The molecule has 2 saturated heterocycles. The zero-order valence-corrected chi connectivity index (χ0v) is 16.0. The average Bonchev–Trinajstić information content (AvgIpc) is 3.27. The monoisotopic (exact) mass is 388 g/mol. The predicted octanol–water partition coefficient (Wildman–Crippen LogP) is 4.26. The maximum absolute atomic E-state index is 12.8. The molecule has 2 bridgehead atoms. The third-order valence-electron chi connectivity index (χ3n) is 5.83. The molecule has 3 nitrogen and oxygen atoms in total. The van der Waals surface area contributed by atoms with Crippen molar-refractivity contribution in [3.05, 3.63) is 33.8 Å². The second-order valence-corrected chi connectivity index (χ2v) is 8.09. The van der Waals surface area contributed by atoms with Gasteiger partial charge in [-0.15, -0.1) is 12.4 Å². The summed E-state index contributed by atoms with van der Waals surface area (Å²) in [5, 5.41) is 4.82. The van der Waals surface area contributed by atoms with Gasteiger partial charge >= 0.3 is 0 Å². The predicted molar refractivity (Wildman–Crippen MR) is 100 cm³/mol. The van der Waals surface area contributed by atoms with Gasteiger partial charge in [0.25, 0.3) is 0 Å². The van der Waals surface area contributed by atoms with Gasteiger partial charge in [-0.2, -0.15) is 0 Å². The molecule has 132 valence electrons. The molecule has 1 aromatic carbocycles. The summed E-state index contributed by atoms with van der Waals surface area (Å²) in [7, 11) is 1.98. The summed E-state index contributed by atoms with van der Waals surface area (Å²) in [6.07, 6.45) is 5.59. The van der Waals surface area contributed by atoms with Crippen LogP contribution in [0.25, 0.3) is 0 Å². The summed E-state index contributed by atoms with van der Waals surface area (Å²) >= 11 is 12.4. The number of carbonyl (C=O) groups excluding carboxylic acids is 1. The highest BCUT2D eigenvalue weighted by molar-refractivity contribution is 6.42. The highest BCUT2D eigenvalue weighted by Crippen LogP contribution is 2.51. The molecule has 2 aliphatic heterocycles. The quantitative estimate of drug-likeness (QED) is 0.837. The van der Waals surface area contributed by atoms with Crippen LogP contribution < -0.4 is 5.32 Å². The summed E-state index contributed by atoms with van der Waals surface area (Å²) in [6.45, 7) is 0. The summed E-state index contributed by atoms with van der Waals surface area (Å²) < 4.78 is 0. The highest BCUT2D eigenvalue weighted by atomic mass is 35.5. The Balaban J connectivity index is 0.00000169. The van der Waals surface area contributed by atoms with Crippen LogP contribution in [0, 0.1) is 5.92 Å². The molecule has 1 saturated carbocycles. The molecule has 4 unspecified atom stereocenters. The molecular weight excluding hydrogens is 367 g/mol. The van der Waals surface area contributed by atoms with Crippen molar-refractivity contribution >= 4 is 41.5 Å². The van der Waals surface area contributed by atoms with Gasteiger partial charge in [-0.25, -0.2) is 0 Å². The van der Waals surface area contributed by atoms with Gasteiger partial charge in [0.2, 0.25) is 5.91 Å². The number of benzene rings is 1. The first-order valence-electron chi connectivity index (χ1n) is 8.51. The van der Waals surface area contributed by atoms with Gasteiger partial charge in [-0.3, -0.25) is 4.79 Å². The lowest BCUT2D eigenvalue weighted by atomic mass is 9.98. The maximum atomic E-state index is 12.8. The largest absolute Gasteiger partial charge is 0.342 e. The summed E-state index contributed by atoms with van der Waals surface area (Å²) in [5.74, 6) is 0.579. The molecule has 2 heterocycles. The van der Waals surface area contributed by atoms with Crippen LogP contribution in [-0.4, -0.2) is 36.0 Å². The lowest BCUT2D eigenvalue weighted by Gasteiger charge is -2.35. The van der Waals surface area contributed by atoms with Crippen molar-refractivity contribution in [3.63, 3.8) is 0 Å². The number of nitrogens with one attached hydrogen (secondary N) is 1. The van der Waals surface area contributed by atoms with E-state index in [4.69, 9.17) is 23.2 Å². The Morgan fingerprint density at radius 2 is 1.83 bits per heavy atom. The number of piperidine rings is 1. The Kier molecular flexibility index (Phi) is 5.36. The molecule has 1 aliphatic carbocycles. The number of hydrogen-bond acceptors (Lipinski definition) is 2. The van der Waals surface area contributed by atoms with Crippen molar-refractivity contribution in [2.24, 2.45) is 5.92 Å². The van der Waals surface area contributed by atoms with E-state index < -0.39 is 0 Å². The van der Waals surface area contributed by atoms with E-state index in [1.165, 1.54) is 12.8 Å². The first-order valence-corrected chi connectivity index (χ1v) is 9.27. The SMILES string of the molecule is CN(C(=O)C1CC1c1cccc(Cl)c1Cl)C1CC2CCC(C1)N2.Cl. The molecule has 4 atom stereocenters. The first-order chi connectivity index (χ1) is 11.0. The molecule has 0 radical (unpaired) electrons. The van der Waals surface area contributed by atoms with Crippen molar-refractivity contribution in [2.75, 3.05) is 7.05 Å². The smallest absolute Gasteiger partial charge is 0.226 e. The van der Waals surface area contributed by atoms with Crippen LogP contribution in [0.15, 0.2) is 18.2 Å². The Bertz CT molecular complexity index is 627. The van der Waals surface area contributed by atoms with Crippen LogP contribution in [0.3, 0.4) is 0 Å². The lowest BCUT2D eigenvalue weighted by Crippen LogP contribution is -2.49. The molecule has 1 amide bonds. The lowest BCUT2D eigenvalue weighted by molar-refractivity contribution is -0.134. The highest BCUT2D eigenvalue weighted by Gasteiger charge is 2.48. The van der Waals surface area contributed by atoms with E-state index in [0.29, 0.717) is 28.2 Å². The van der Waals surface area contributed by atoms with E-state index in [1.807, 2.05) is 24.1 Å². The Morgan fingerprint density at radius 3 is 2.50 bits per heavy atom. The van der Waals surface area contributed by atoms with Crippen LogP contribution in [-0.2, 0) is 4.79 Å². The third-order valence-corrected chi connectivity index (χ3v) is 6.67. The Hall–Kier alpha value is -0.480. The number of amides is 1. The number of hydrogen-bond donors (Lipinski definition) is 1. The normalized spacial score (nSPS) is 33.7. The number of nitrogens with zero attached hydrogens (tertiary/aromatic N) is 1. The molecule has 4 rings (SSSR count). The third kappa shape index (κ3) is 3.29. The minimum atomic E-state index is 0. The standard InChI is InChI=1S/C18H22Cl2N2O.ClH/c1-22(12-7-10-5-6-11(8-12)21-10)18(23)15-9-14(15)13-3-2-4-16(19)17(13)20;/h2-4,10-12,14-15,21H,5-9H2,1H3;1H. The Morgan fingerprint density at radius 1 is 1.17 bits per heavy atom. The minimum absolute atomic E-state index is 0. The Labute approximate surface area is 159 Å². The van der Waals surface area contributed by atoms with Gasteiger partial charge in [-0.1, -0.05) is 35.3 Å². The van der Waals surface area contributed by atoms with Crippen LogP contribution in [0.2, 0.25) is 10.0 Å². The van der Waals surface area contributed by atoms with Gasteiger partial charge in [-0.05, 0) is 49.7 Å². The fraction of sp³-hybridized carbons (Fsp3) is 0.611. The van der Waals surface area contributed by atoms with E-state index in [9.17, 15) is 4.79 Å². The van der Waals surface area contributed by atoms with E-state index in [1.54, 1.807) is 6.07 Å². The summed E-state index contributed by atoms with van der Waals surface area (Å²) in [6, 6.07) is 7.30. The van der Waals surface area contributed by atoms with E-state index >= 15 is 0 Å². The number of rotatable bonds is 3. The topological polar surface area (TPSA) is 32.3 Å². The molecule has 3 fully saturated rings. The summed E-state index contributed by atoms with van der Waals surface area (Å²) in [5.41, 5.74) is 1.02. The number of halogens is 3. The number of fused-ring (bicyclic) bond motifs is 2. The fourth-order valence-corrected chi connectivity index (χ4v) is 4.85. The molecular formula is C18H23Cl3N2O. The molecule has 1 aromatic rings. The fourth-order valence-electron chi connectivity index (χ4n) is 4.40. The molecule has 3 aliphatic rings. The van der Waals surface area contributed by atoms with Gasteiger partial charge in [0, 0.05) is 31.1 Å². The second-order valence-electron chi connectivity index (χ2n) is 7.30. The molecule has 6 heteroatoms. The number of carbonyl (C=O) groups is 1. The van der Waals surface area contributed by atoms with Crippen molar-refractivity contribution in [1.29, 1.82) is 0 Å². The second kappa shape index (κ2) is 7.03. The minimum Gasteiger partial charge on any atom is -0.342 e. The van der Waals surface area contributed by atoms with Gasteiger partial charge in [0.1, 0.15) is 0 Å². The van der Waals surface area contributed by atoms with Crippen molar-refractivity contribution in [2.45, 2.75) is 56.1 Å². The molecule has 0 spiro atoms. The van der Waals surface area contributed by atoms with Crippen LogP contribution in [0.5, 0.6) is 0 Å². The summed E-state index contributed by atoms with van der Waals surface area (Å²) in [4.78, 5) is 14.9. The van der Waals surface area contributed by atoms with Gasteiger partial charge in [0.05, 0.1) is 10.0 Å². The molecule has 0 aromatic heterocycles. The van der Waals surface area contributed by atoms with E-state index in [0.717, 1.165) is 24.8 Å². The zero-order chi connectivity index (χ0) is 16.1. The molecule has 1 N–H and O–H groups in total. The maximum Gasteiger partial charge on any atom is 0.226 e. The first kappa shape index (κ1) is 18.3. The van der Waals surface area contributed by atoms with Crippen molar-refractivity contribution in [1.82, 2.24) is 10.2 Å². The van der Waals surface area contributed by atoms with Crippen LogP contribution >= 0.6 is 35.6 Å². The van der Waals surface area contributed by atoms with E-state index in [2.05, 4.69) is 5.32 Å². The zero-order valence-electron chi connectivity index (χ0n) is 13.7. The average molecular weight is 390 g/mol. The van der Waals surface area contributed by atoms with E-state index in [-0.39, 0.29) is 30.2 Å². The van der Waals surface area contributed by atoms with Crippen LogP contribution in [0.4, 0.5) is 0 Å².